The molecule has 1 saturated heterocycles. The highest BCUT2D eigenvalue weighted by Crippen LogP contribution is 2.31. The van der Waals surface area contributed by atoms with Crippen molar-refractivity contribution in [2.45, 2.75) is 50.6 Å². The van der Waals surface area contributed by atoms with E-state index in [0.717, 1.165) is 32.4 Å². The molecular formula is C23H32N4O4S. The average Bonchev–Trinajstić information content (AvgIpc) is 3.27. The third-order valence-corrected chi connectivity index (χ3v) is 8.19. The van der Waals surface area contributed by atoms with Crippen LogP contribution in [0.4, 0.5) is 5.69 Å². The van der Waals surface area contributed by atoms with Crippen molar-refractivity contribution in [3.05, 3.63) is 42.2 Å². The van der Waals surface area contributed by atoms with Crippen LogP contribution in [0.25, 0.3) is 0 Å². The molecular weight excluding hydrogens is 428 g/mol. The smallest absolute Gasteiger partial charge is 0.243 e. The zero-order chi connectivity index (χ0) is 22.7. The molecule has 2 aromatic rings. The van der Waals surface area contributed by atoms with E-state index >= 15 is 0 Å². The number of benzene rings is 1. The Morgan fingerprint density at radius 2 is 1.91 bits per heavy atom. The standard InChI is InChI=1S/C23H32N4O4S/c1-3-31-22-10-9-19(32(29,30)27-12-5-4-6-13-27)16-20(22)24-23(28)17-26-15-14-25-11-7-8-21(25)18(26)2/h7-11,16,18H,3-6,12-15,17H2,1-2H3,(H,24,28)/t18-/m0/s1. The van der Waals surface area contributed by atoms with Crippen molar-refractivity contribution < 1.29 is 17.9 Å². The lowest BCUT2D eigenvalue weighted by Gasteiger charge is -2.34. The number of hydrogen-bond acceptors (Lipinski definition) is 5. The molecule has 0 radical (unpaired) electrons. The maximum atomic E-state index is 13.1. The van der Waals surface area contributed by atoms with Gasteiger partial charge in [0.25, 0.3) is 0 Å². The van der Waals surface area contributed by atoms with Gasteiger partial charge in [-0.2, -0.15) is 4.31 Å². The Hall–Kier alpha value is -2.36. The number of ether oxygens (including phenoxy) is 1. The van der Waals surface area contributed by atoms with E-state index in [-0.39, 0.29) is 23.4 Å². The Kier molecular flexibility index (Phi) is 6.88. The first kappa shape index (κ1) is 22.8. The van der Waals surface area contributed by atoms with Crippen LogP contribution in [0, 0.1) is 0 Å². The van der Waals surface area contributed by atoms with Gasteiger partial charge < -0.3 is 14.6 Å². The highest BCUT2D eigenvalue weighted by Gasteiger charge is 2.28. The lowest BCUT2D eigenvalue weighted by molar-refractivity contribution is -0.118. The minimum absolute atomic E-state index is 0.127. The van der Waals surface area contributed by atoms with Crippen LogP contribution in [0.5, 0.6) is 5.75 Å². The summed E-state index contributed by atoms with van der Waals surface area (Å²) in [6, 6.07) is 8.95. The molecule has 3 heterocycles. The van der Waals surface area contributed by atoms with Crippen LogP contribution in [-0.2, 0) is 21.4 Å². The second-order valence-electron chi connectivity index (χ2n) is 8.38. The van der Waals surface area contributed by atoms with Gasteiger partial charge in [-0.1, -0.05) is 6.42 Å². The monoisotopic (exact) mass is 460 g/mol. The van der Waals surface area contributed by atoms with Gasteiger partial charge in [0.15, 0.2) is 0 Å². The molecule has 174 valence electrons. The average molecular weight is 461 g/mol. The maximum absolute atomic E-state index is 13.1. The molecule has 8 nitrogen and oxygen atoms in total. The molecule has 2 aliphatic rings. The molecule has 0 unspecified atom stereocenters. The zero-order valence-electron chi connectivity index (χ0n) is 18.8. The largest absolute Gasteiger partial charge is 0.492 e. The van der Waals surface area contributed by atoms with Gasteiger partial charge in [-0.15, -0.1) is 0 Å². The summed E-state index contributed by atoms with van der Waals surface area (Å²) >= 11 is 0. The Labute approximate surface area is 190 Å². The molecule has 9 heteroatoms. The molecule has 1 amide bonds. The first-order chi connectivity index (χ1) is 15.4. The number of rotatable bonds is 7. The van der Waals surface area contributed by atoms with Crippen LogP contribution < -0.4 is 10.1 Å². The van der Waals surface area contributed by atoms with Crippen molar-refractivity contribution in [2.75, 3.05) is 38.1 Å². The van der Waals surface area contributed by atoms with Gasteiger partial charge >= 0.3 is 0 Å². The van der Waals surface area contributed by atoms with Gasteiger partial charge in [0.2, 0.25) is 15.9 Å². The number of nitrogens with zero attached hydrogens (tertiary/aromatic N) is 3. The van der Waals surface area contributed by atoms with Gasteiger partial charge in [-0.25, -0.2) is 8.42 Å². The number of fused-ring (bicyclic) bond motifs is 1. The summed E-state index contributed by atoms with van der Waals surface area (Å²) < 4.78 is 35.6. The van der Waals surface area contributed by atoms with Crippen molar-refractivity contribution in [2.24, 2.45) is 0 Å². The summed E-state index contributed by atoms with van der Waals surface area (Å²) in [5, 5.41) is 2.90. The SMILES string of the molecule is CCOc1ccc(S(=O)(=O)N2CCCCC2)cc1NC(=O)CN1CCn2cccc2[C@@H]1C. The number of sulfonamides is 1. The number of carbonyl (C=O) groups excluding carboxylic acids is 1. The maximum Gasteiger partial charge on any atom is 0.243 e. The van der Waals surface area contributed by atoms with Gasteiger partial charge in [0.05, 0.1) is 23.7 Å². The zero-order valence-corrected chi connectivity index (χ0v) is 19.6. The van der Waals surface area contributed by atoms with E-state index in [1.807, 2.05) is 13.0 Å². The first-order valence-corrected chi connectivity index (χ1v) is 12.8. The predicted octanol–water partition coefficient (Wildman–Crippen LogP) is 3.08. The fourth-order valence-corrected chi connectivity index (χ4v) is 6.06. The third kappa shape index (κ3) is 4.69. The van der Waals surface area contributed by atoms with E-state index in [0.29, 0.717) is 31.1 Å². The molecule has 0 spiro atoms. The Morgan fingerprint density at radius 1 is 1.12 bits per heavy atom. The van der Waals surface area contributed by atoms with Crippen molar-refractivity contribution in [3.63, 3.8) is 0 Å². The Morgan fingerprint density at radius 3 is 2.66 bits per heavy atom. The van der Waals surface area contributed by atoms with Crippen LogP contribution in [0.2, 0.25) is 0 Å². The summed E-state index contributed by atoms with van der Waals surface area (Å²) in [7, 11) is -3.60. The molecule has 2 aliphatic heterocycles. The van der Waals surface area contributed by atoms with Gasteiger partial charge in [-0.05, 0) is 57.0 Å². The summed E-state index contributed by atoms with van der Waals surface area (Å²) in [5.41, 5.74) is 1.58. The molecule has 1 atom stereocenters. The highest BCUT2D eigenvalue weighted by atomic mass is 32.2. The van der Waals surface area contributed by atoms with Crippen LogP contribution in [0.3, 0.4) is 0 Å². The van der Waals surface area contributed by atoms with E-state index in [4.69, 9.17) is 4.74 Å². The summed E-state index contributed by atoms with van der Waals surface area (Å²) in [4.78, 5) is 15.2. The van der Waals surface area contributed by atoms with E-state index < -0.39 is 10.0 Å². The lowest BCUT2D eigenvalue weighted by atomic mass is 10.1. The Balaban J connectivity index is 1.51. The minimum atomic E-state index is -3.60. The van der Waals surface area contributed by atoms with Crippen molar-refractivity contribution in [1.29, 1.82) is 0 Å². The van der Waals surface area contributed by atoms with Gasteiger partial charge in [0.1, 0.15) is 5.75 Å². The summed E-state index contributed by atoms with van der Waals surface area (Å²) in [6.07, 6.45) is 4.86. The van der Waals surface area contributed by atoms with E-state index in [9.17, 15) is 13.2 Å². The summed E-state index contributed by atoms with van der Waals surface area (Å²) in [6.45, 7) is 7.27. The summed E-state index contributed by atoms with van der Waals surface area (Å²) in [5.74, 6) is 0.282. The van der Waals surface area contributed by atoms with Crippen LogP contribution >= 0.6 is 0 Å². The highest BCUT2D eigenvalue weighted by molar-refractivity contribution is 7.89. The molecule has 0 aliphatic carbocycles. The molecule has 1 fully saturated rings. The molecule has 1 aromatic heterocycles. The lowest BCUT2D eigenvalue weighted by Crippen LogP contribution is -2.41. The number of nitrogens with one attached hydrogen (secondary N) is 1. The molecule has 0 saturated carbocycles. The minimum Gasteiger partial charge on any atom is -0.492 e. The van der Waals surface area contributed by atoms with E-state index in [2.05, 4.69) is 34.0 Å². The van der Waals surface area contributed by atoms with Crippen molar-refractivity contribution in [1.82, 2.24) is 13.8 Å². The second kappa shape index (κ2) is 9.64. The van der Waals surface area contributed by atoms with Crippen LogP contribution in [-0.4, -0.2) is 60.9 Å². The van der Waals surface area contributed by atoms with Crippen molar-refractivity contribution in [3.8, 4) is 5.75 Å². The number of hydrogen-bond donors (Lipinski definition) is 1. The molecule has 4 rings (SSSR count). The third-order valence-electron chi connectivity index (χ3n) is 6.29. The fourth-order valence-electron chi connectivity index (χ4n) is 4.52. The molecule has 32 heavy (non-hydrogen) atoms. The number of piperidine rings is 1. The van der Waals surface area contributed by atoms with Crippen LogP contribution in [0.15, 0.2) is 41.4 Å². The normalized spacial score (nSPS) is 20.0. The number of amides is 1. The van der Waals surface area contributed by atoms with Crippen molar-refractivity contribution >= 4 is 21.6 Å². The van der Waals surface area contributed by atoms with Gasteiger partial charge in [0, 0.05) is 44.1 Å². The molecule has 1 aromatic carbocycles. The molecule has 0 bridgehead atoms. The van der Waals surface area contributed by atoms with Crippen LogP contribution in [0.1, 0.15) is 44.8 Å². The quantitative estimate of drug-likeness (QED) is 0.687. The number of anilines is 1. The predicted molar refractivity (Wildman–Crippen MR) is 123 cm³/mol. The van der Waals surface area contributed by atoms with Gasteiger partial charge in [-0.3, -0.25) is 9.69 Å². The number of carbonyl (C=O) groups is 1. The topological polar surface area (TPSA) is 83.9 Å². The second-order valence-corrected chi connectivity index (χ2v) is 10.3. The first-order valence-electron chi connectivity index (χ1n) is 11.4. The van der Waals surface area contributed by atoms with E-state index in [1.165, 1.54) is 16.1 Å². The number of aromatic nitrogens is 1. The fraction of sp³-hybridized carbons (Fsp3) is 0.522. The Bertz CT molecular complexity index is 1060. The molecule has 1 N–H and O–H groups in total. The van der Waals surface area contributed by atoms with E-state index in [1.54, 1.807) is 12.1 Å².